The maximum atomic E-state index is 13.5. The van der Waals surface area contributed by atoms with Gasteiger partial charge in [-0.2, -0.15) is 0 Å². The van der Waals surface area contributed by atoms with Crippen molar-refractivity contribution < 1.29 is 24.0 Å². The number of hydrogen-bond donors (Lipinski definition) is 0. The molecule has 1 aliphatic rings. The number of hydrogen-bond acceptors (Lipinski definition) is 5. The summed E-state index contributed by atoms with van der Waals surface area (Å²) in [6, 6.07) is 14.5. The van der Waals surface area contributed by atoms with Crippen molar-refractivity contribution in [1.82, 2.24) is 0 Å². The molecule has 5 nitrogen and oxygen atoms in total. The van der Waals surface area contributed by atoms with E-state index in [0.29, 0.717) is 28.2 Å². The van der Waals surface area contributed by atoms with E-state index in [2.05, 4.69) is 0 Å². The molecule has 2 aromatic rings. The third kappa shape index (κ3) is 3.00. The minimum atomic E-state index is -1.37. The molecule has 0 aliphatic carbocycles. The van der Waals surface area contributed by atoms with Crippen molar-refractivity contribution >= 4 is 5.78 Å². The molecule has 5 heteroatoms. The summed E-state index contributed by atoms with van der Waals surface area (Å²) >= 11 is 0. The second kappa shape index (κ2) is 7.32. The van der Waals surface area contributed by atoms with Gasteiger partial charge >= 0.3 is 0 Å². The van der Waals surface area contributed by atoms with Crippen LogP contribution in [0.25, 0.3) is 0 Å². The van der Waals surface area contributed by atoms with Gasteiger partial charge in [0.25, 0.3) is 0 Å². The second-order valence-electron chi connectivity index (χ2n) is 6.29. The molecule has 0 radical (unpaired) electrons. The van der Waals surface area contributed by atoms with Crippen molar-refractivity contribution in [2.75, 3.05) is 20.8 Å². The number of methoxy groups -OCH3 is 2. The van der Waals surface area contributed by atoms with Crippen molar-refractivity contribution in [2.24, 2.45) is 0 Å². The number of carbonyl (C=O) groups excluding carboxylic acids is 1. The zero-order chi connectivity index (χ0) is 18.7. The van der Waals surface area contributed by atoms with Gasteiger partial charge in [-0.05, 0) is 49.2 Å². The number of rotatable bonds is 4. The summed E-state index contributed by atoms with van der Waals surface area (Å²) in [5, 5.41) is 0. The molecule has 2 aromatic carbocycles. The van der Waals surface area contributed by atoms with Crippen molar-refractivity contribution in [2.45, 2.75) is 19.4 Å². The highest BCUT2D eigenvalue weighted by atomic mass is 17.2. The van der Waals surface area contributed by atoms with Crippen LogP contribution in [0, 0.1) is 0 Å². The van der Waals surface area contributed by atoms with Crippen LogP contribution < -0.4 is 9.47 Å². The monoisotopic (exact) mass is 354 g/mol. The maximum absolute atomic E-state index is 13.5. The molecule has 0 spiro atoms. The predicted molar refractivity (Wildman–Crippen MR) is 97.2 cm³/mol. The van der Waals surface area contributed by atoms with Gasteiger partial charge in [0.15, 0.2) is 0 Å². The van der Waals surface area contributed by atoms with Gasteiger partial charge in [-0.25, -0.2) is 9.78 Å². The summed E-state index contributed by atoms with van der Waals surface area (Å²) < 4.78 is 10.5. The Morgan fingerprint density at radius 3 is 1.73 bits per heavy atom. The van der Waals surface area contributed by atoms with Crippen LogP contribution in [0.5, 0.6) is 11.5 Å². The van der Waals surface area contributed by atoms with E-state index in [1.165, 1.54) is 0 Å². The van der Waals surface area contributed by atoms with E-state index < -0.39 is 5.60 Å². The molecule has 0 bridgehead atoms. The Morgan fingerprint density at radius 2 is 1.35 bits per heavy atom. The molecule has 0 saturated carbocycles. The number of allylic oxidation sites excluding steroid dienone is 1. The van der Waals surface area contributed by atoms with Crippen LogP contribution in [0.3, 0.4) is 0 Å². The Kier molecular flexibility index (Phi) is 5.11. The van der Waals surface area contributed by atoms with Crippen molar-refractivity contribution in [3.05, 3.63) is 70.8 Å². The predicted octanol–water partition coefficient (Wildman–Crippen LogP) is 3.81. The standard InChI is InChI=1S/C21H22O5/c1-14(2)19-13-25-26-21(20(19)22,15-5-9-17(23-3)10-6-15)16-7-11-18(24-4)12-8-16/h5-12H,13H2,1-4H3. The first kappa shape index (κ1) is 18.2. The van der Waals surface area contributed by atoms with E-state index >= 15 is 0 Å². The Hall–Kier alpha value is -2.63. The van der Waals surface area contributed by atoms with E-state index in [1.54, 1.807) is 38.5 Å². The highest BCUT2D eigenvalue weighted by Gasteiger charge is 2.49. The fourth-order valence-corrected chi connectivity index (χ4v) is 3.04. The molecule has 3 rings (SSSR count). The van der Waals surface area contributed by atoms with Crippen LogP contribution in [0.4, 0.5) is 0 Å². The van der Waals surface area contributed by atoms with Crippen LogP contribution in [0.15, 0.2) is 59.7 Å². The van der Waals surface area contributed by atoms with E-state index in [4.69, 9.17) is 19.2 Å². The van der Waals surface area contributed by atoms with Crippen LogP contribution >= 0.6 is 0 Å². The number of Topliss-reactive ketones (excluding diaryl/α,β-unsaturated/α-hetero) is 1. The Labute approximate surface area is 153 Å². The van der Waals surface area contributed by atoms with Crippen LogP contribution in [-0.2, 0) is 20.2 Å². The van der Waals surface area contributed by atoms with E-state index in [9.17, 15) is 4.79 Å². The molecule has 0 amide bonds. The third-order valence-corrected chi connectivity index (χ3v) is 4.58. The highest BCUT2D eigenvalue weighted by molar-refractivity contribution is 6.06. The van der Waals surface area contributed by atoms with Crippen LogP contribution in [-0.4, -0.2) is 26.6 Å². The van der Waals surface area contributed by atoms with Crippen molar-refractivity contribution in [1.29, 1.82) is 0 Å². The molecule has 1 fully saturated rings. The van der Waals surface area contributed by atoms with E-state index in [0.717, 1.165) is 5.57 Å². The molecule has 0 aromatic heterocycles. The molecule has 0 unspecified atom stereocenters. The number of ketones is 1. The van der Waals surface area contributed by atoms with Crippen molar-refractivity contribution in [3.8, 4) is 11.5 Å². The molecular formula is C21H22O5. The van der Waals surface area contributed by atoms with Gasteiger partial charge in [-0.1, -0.05) is 29.8 Å². The summed E-state index contributed by atoms with van der Waals surface area (Å²) in [7, 11) is 3.20. The zero-order valence-corrected chi connectivity index (χ0v) is 15.4. The van der Waals surface area contributed by atoms with Gasteiger partial charge in [0.1, 0.15) is 18.1 Å². The van der Waals surface area contributed by atoms with E-state index in [-0.39, 0.29) is 12.4 Å². The van der Waals surface area contributed by atoms with Gasteiger partial charge in [0, 0.05) is 5.57 Å². The van der Waals surface area contributed by atoms with Crippen LogP contribution in [0.1, 0.15) is 25.0 Å². The quantitative estimate of drug-likeness (QED) is 0.617. The largest absolute Gasteiger partial charge is 0.497 e. The molecule has 136 valence electrons. The number of carbonyl (C=O) groups is 1. The Bertz CT molecular complexity index is 767. The normalized spacial score (nSPS) is 16.3. The Balaban J connectivity index is 2.20. The van der Waals surface area contributed by atoms with Gasteiger partial charge < -0.3 is 9.47 Å². The lowest BCUT2D eigenvalue weighted by Gasteiger charge is -2.36. The number of benzene rings is 2. The number of ether oxygens (including phenoxy) is 2. The van der Waals surface area contributed by atoms with Gasteiger partial charge in [-0.3, -0.25) is 4.79 Å². The minimum absolute atomic E-state index is 0.126. The lowest BCUT2D eigenvalue weighted by molar-refractivity contribution is -0.348. The minimum Gasteiger partial charge on any atom is -0.497 e. The maximum Gasteiger partial charge on any atom is 0.216 e. The summed E-state index contributed by atoms with van der Waals surface area (Å²) in [5.74, 6) is 1.27. The summed E-state index contributed by atoms with van der Waals surface area (Å²) in [4.78, 5) is 24.6. The Morgan fingerprint density at radius 1 is 0.885 bits per heavy atom. The average molecular weight is 354 g/mol. The van der Waals surface area contributed by atoms with E-state index in [1.807, 2.05) is 38.1 Å². The van der Waals surface area contributed by atoms with Gasteiger partial charge in [-0.15, -0.1) is 0 Å². The lowest BCUT2D eigenvalue weighted by atomic mass is 9.78. The summed E-state index contributed by atoms with van der Waals surface area (Å²) in [6.07, 6.45) is 0. The SMILES string of the molecule is COc1ccc(C2(c3ccc(OC)cc3)OOCC(=C(C)C)C2=O)cc1. The molecule has 26 heavy (non-hydrogen) atoms. The molecule has 0 atom stereocenters. The highest BCUT2D eigenvalue weighted by Crippen LogP contribution is 2.41. The molecule has 1 heterocycles. The third-order valence-electron chi connectivity index (χ3n) is 4.58. The first-order chi connectivity index (χ1) is 12.5. The lowest BCUT2D eigenvalue weighted by Crippen LogP contribution is -2.45. The van der Waals surface area contributed by atoms with Crippen molar-refractivity contribution in [3.63, 3.8) is 0 Å². The first-order valence-corrected chi connectivity index (χ1v) is 8.33. The summed E-state index contributed by atoms with van der Waals surface area (Å²) in [6.45, 7) is 3.93. The average Bonchev–Trinajstić information content (AvgIpc) is 2.68. The molecule has 0 N–H and O–H groups in total. The zero-order valence-electron chi connectivity index (χ0n) is 15.4. The topological polar surface area (TPSA) is 54.0 Å². The fourth-order valence-electron chi connectivity index (χ4n) is 3.04. The van der Waals surface area contributed by atoms with Gasteiger partial charge in [0.05, 0.1) is 14.2 Å². The fraction of sp³-hybridized carbons (Fsp3) is 0.286. The first-order valence-electron chi connectivity index (χ1n) is 8.33. The summed E-state index contributed by atoms with van der Waals surface area (Å²) in [5.41, 5.74) is 1.50. The van der Waals surface area contributed by atoms with Gasteiger partial charge in [0.2, 0.25) is 11.4 Å². The smallest absolute Gasteiger partial charge is 0.216 e. The molecule has 1 aliphatic heterocycles. The second-order valence-corrected chi connectivity index (χ2v) is 6.29. The molecule has 1 saturated heterocycles. The molecular weight excluding hydrogens is 332 g/mol. The van der Waals surface area contributed by atoms with Crippen LogP contribution in [0.2, 0.25) is 0 Å².